The second-order valence-corrected chi connectivity index (χ2v) is 8.05. The Labute approximate surface area is 194 Å². The monoisotopic (exact) mass is 464 g/mol. The van der Waals surface area contributed by atoms with Crippen LogP contribution in [0.4, 0.5) is 5.69 Å². The average molecular weight is 465 g/mol. The van der Waals surface area contributed by atoms with Crippen molar-refractivity contribution in [3.8, 4) is 17.2 Å². The number of amides is 1. The maximum atomic E-state index is 12.6. The van der Waals surface area contributed by atoms with Gasteiger partial charge in [-0.1, -0.05) is 11.8 Å². The predicted octanol–water partition coefficient (Wildman–Crippen LogP) is 3.67. The van der Waals surface area contributed by atoms with Crippen molar-refractivity contribution in [2.24, 2.45) is 0 Å². The molecule has 0 aliphatic rings. The number of aromatic amines is 1. The van der Waals surface area contributed by atoms with Gasteiger partial charge in [-0.05, 0) is 62.4 Å². The third-order valence-electron chi connectivity index (χ3n) is 4.90. The van der Waals surface area contributed by atoms with Crippen LogP contribution in [0.15, 0.2) is 53.7 Å². The van der Waals surface area contributed by atoms with E-state index in [-0.39, 0.29) is 17.1 Å². The molecule has 33 heavy (non-hydrogen) atoms. The van der Waals surface area contributed by atoms with Gasteiger partial charge in [0.2, 0.25) is 5.91 Å². The topological polar surface area (TPSA) is 118 Å². The van der Waals surface area contributed by atoms with Crippen LogP contribution in [0.5, 0.6) is 11.5 Å². The van der Waals surface area contributed by atoms with Gasteiger partial charge in [0.1, 0.15) is 17.0 Å². The summed E-state index contributed by atoms with van der Waals surface area (Å²) in [5, 5.41) is 19.9. The molecule has 1 amide bonds. The number of hydrogen-bond acceptors (Lipinski definition) is 7. The first-order chi connectivity index (χ1) is 16.0. The zero-order valence-corrected chi connectivity index (χ0v) is 19.3. The molecule has 0 aliphatic carbocycles. The number of H-pyrrole nitrogens is 1. The number of hydrogen-bond donors (Lipinski definition) is 3. The van der Waals surface area contributed by atoms with Crippen molar-refractivity contribution < 1.29 is 14.3 Å². The number of nitrogens with zero attached hydrogens (tertiary/aromatic N) is 3. The van der Waals surface area contributed by atoms with Crippen LogP contribution in [0, 0.1) is 12.3 Å². The van der Waals surface area contributed by atoms with Crippen molar-refractivity contribution in [3.05, 3.63) is 59.7 Å². The van der Waals surface area contributed by atoms with Crippen molar-refractivity contribution in [2.45, 2.75) is 19.0 Å². The van der Waals surface area contributed by atoms with E-state index in [1.54, 1.807) is 23.8 Å². The molecule has 4 aromatic rings. The van der Waals surface area contributed by atoms with Gasteiger partial charge in [0.15, 0.2) is 10.8 Å². The van der Waals surface area contributed by atoms with Gasteiger partial charge in [-0.15, -0.1) is 0 Å². The molecular formula is C23H24N6O3S. The van der Waals surface area contributed by atoms with Gasteiger partial charge in [0, 0.05) is 11.4 Å². The van der Waals surface area contributed by atoms with Gasteiger partial charge < -0.3 is 14.8 Å². The number of carbonyl (C=O) groups excluding carboxylic acids is 1. The molecule has 0 saturated carbocycles. The van der Waals surface area contributed by atoms with Crippen LogP contribution in [-0.2, 0) is 4.79 Å². The highest BCUT2D eigenvalue weighted by molar-refractivity contribution is 7.99. The summed E-state index contributed by atoms with van der Waals surface area (Å²) in [6, 6.07) is 14.6. The molecule has 2 aromatic heterocycles. The lowest BCUT2D eigenvalue weighted by molar-refractivity contribution is -0.113. The van der Waals surface area contributed by atoms with Crippen molar-refractivity contribution in [2.75, 3.05) is 24.8 Å². The molecule has 0 saturated heterocycles. The number of ether oxygens (including phenoxy) is 2. The number of nitrogens with one attached hydrogen (secondary N) is 3. The Balaban J connectivity index is 1.59. The smallest absolute Gasteiger partial charge is 0.234 e. The summed E-state index contributed by atoms with van der Waals surface area (Å²) in [6.07, 6.45) is 0. The minimum absolute atomic E-state index is 0.119. The van der Waals surface area contributed by atoms with Crippen LogP contribution in [0.2, 0.25) is 0 Å². The maximum Gasteiger partial charge on any atom is 0.234 e. The van der Waals surface area contributed by atoms with Crippen LogP contribution in [0.3, 0.4) is 0 Å². The first kappa shape index (κ1) is 22.4. The molecule has 10 heteroatoms. The number of carbonyl (C=O) groups is 1. The van der Waals surface area contributed by atoms with Gasteiger partial charge in [0.05, 0.1) is 30.5 Å². The van der Waals surface area contributed by atoms with Gasteiger partial charge >= 0.3 is 0 Å². The van der Waals surface area contributed by atoms with Gasteiger partial charge in [-0.25, -0.2) is 4.98 Å². The number of fused-ring (bicyclic) bond motifs is 1. The SMILES string of the molecule is CCOc1ccc(NC(=O)CSc2nc3[nH]nc(C)c3c(=N)n2-c2ccc(OC)cc2)cc1. The molecule has 0 bridgehead atoms. The lowest BCUT2D eigenvalue weighted by atomic mass is 10.2. The van der Waals surface area contributed by atoms with Crippen molar-refractivity contribution in [3.63, 3.8) is 0 Å². The number of anilines is 1. The van der Waals surface area contributed by atoms with E-state index in [0.717, 1.165) is 11.4 Å². The molecule has 2 heterocycles. The van der Waals surface area contributed by atoms with Crippen LogP contribution >= 0.6 is 11.8 Å². The molecule has 0 aliphatic heterocycles. The van der Waals surface area contributed by atoms with Crippen LogP contribution in [-0.4, -0.2) is 45.1 Å². The van der Waals surface area contributed by atoms with E-state index in [0.29, 0.717) is 39.9 Å². The lowest BCUT2D eigenvalue weighted by Gasteiger charge is -2.14. The van der Waals surface area contributed by atoms with Crippen LogP contribution < -0.4 is 20.3 Å². The van der Waals surface area contributed by atoms with Crippen LogP contribution in [0.1, 0.15) is 12.6 Å². The fraction of sp³-hybridized carbons (Fsp3) is 0.217. The predicted molar refractivity (Wildman–Crippen MR) is 127 cm³/mol. The van der Waals surface area contributed by atoms with E-state index in [9.17, 15) is 4.79 Å². The van der Waals surface area contributed by atoms with Crippen molar-refractivity contribution in [1.82, 2.24) is 19.7 Å². The minimum atomic E-state index is -0.181. The van der Waals surface area contributed by atoms with Gasteiger partial charge in [-0.3, -0.25) is 19.9 Å². The number of benzene rings is 2. The van der Waals surface area contributed by atoms with E-state index in [2.05, 4.69) is 20.5 Å². The molecule has 0 fully saturated rings. The number of aromatic nitrogens is 4. The largest absolute Gasteiger partial charge is 0.497 e. The first-order valence-electron chi connectivity index (χ1n) is 10.3. The molecule has 0 atom stereocenters. The van der Waals surface area contributed by atoms with Gasteiger partial charge in [0.25, 0.3) is 0 Å². The Bertz CT molecular complexity index is 1330. The fourth-order valence-corrected chi connectivity index (χ4v) is 4.15. The maximum absolute atomic E-state index is 12.6. The highest BCUT2D eigenvalue weighted by Crippen LogP contribution is 2.23. The quantitative estimate of drug-likeness (QED) is 0.270. The van der Waals surface area contributed by atoms with Crippen molar-refractivity contribution >= 4 is 34.4 Å². The number of thioether (sulfide) groups is 1. The molecule has 2 aromatic carbocycles. The summed E-state index contributed by atoms with van der Waals surface area (Å²) >= 11 is 1.24. The molecule has 170 valence electrons. The van der Waals surface area contributed by atoms with E-state index in [1.165, 1.54) is 11.8 Å². The Hall–Kier alpha value is -3.79. The Morgan fingerprint density at radius 1 is 1.15 bits per heavy atom. The first-order valence-corrected chi connectivity index (χ1v) is 11.3. The summed E-state index contributed by atoms with van der Waals surface area (Å²) in [6.45, 7) is 4.33. The minimum Gasteiger partial charge on any atom is -0.497 e. The second kappa shape index (κ2) is 9.78. The van der Waals surface area contributed by atoms with E-state index in [4.69, 9.17) is 14.9 Å². The highest BCUT2D eigenvalue weighted by Gasteiger charge is 2.16. The summed E-state index contributed by atoms with van der Waals surface area (Å²) in [4.78, 5) is 17.2. The van der Waals surface area contributed by atoms with Gasteiger partial charge in [-0.2, -0.15) is 5.10 Å². The number of methoxy groups -OCH3 is 1. The average Bonchev–Trinajstić information content (AvgIpc) is 3.20. The molecule has 0 spiro atoms. The third-order valence-corrected chi connectivity index (χ3v) is 5.84. The molecule has 3 N–H and O–H groups in total. The summed E-state index contributed by atoms with van der Waals surface area (Å²) in [5.41, 5.74) is 2.86. The summed E-state index contributed by atoms with van der Waals surface area (Å²) in [5.74, 6) is 1.40. The number of aryl methyl sites for hydroxylation is 1. The van der Waals surface area contributed by atoms with E-state index >= 15 is 0 Å². The van der Waals surface area contributed by atoms with E-state index in [1.807, 2.05) is 50.2 Å². The number of rotatable bonds is 8. The second-order valence-electron chi connectivity index (χ2n) is 7.10. The molecule has 0 radical (unpaired) electrons. The third kappa shape index (κ3) is 4.85. The summed E-state index contributed by atoms with van der Waals surface area (Å²) in [7, 11) is 1.60. The fourth-order valence-electron chi connectivity index (χ4n) is 3.33. The Morgan fingerprint density at radius 2 is 1.85 bits per heavy atom. The molecule has 9 nitrogen and oxygen atoms in total. The lowest BCUT2D eigenvalue weighted by Crippen LogP contribution is -2.23. The normalized spacial score (nSPS) is 10.9. The zero-order valence-electron chi connectivity index (χ0n) is 18.5. The molecular weight excluding hydrogens is 440 g/mol. The van der Waals surface area contributed by atoms with E-state index < -0.39 is 0 Å². The summed E-state index contributed by atoms with van der Waals surface area (Å²) < 4.78 is 12.4. The molecule has 4 rings (SSSR count). The highest BCUT2D eigenvalue weighted by atomic mass is 32.2. The Kier molecular flexibility index (Phi) is 6.64. The Morgan fingerprint density at radius 3 is 2.52 bits per heavy atom. The molecule has 0 unspecified atom stereocenters. The van der Waals surface area contributed by atoms with Crippen LogP contribution in [0.25, 0.3) is 16.7 Å². The van der Waals surface area contributed by atoms with Crippen molar-refractivity contribution in [1.29, 1.82) is 5.41 Å². The standard InChI is InChI=1S/C23H24N6O3S/c1-4-32-18-9-5-15(6-10-18)25-19(30)13-33-23-26-22-20(14(2)27-28-22)21(24)29(23)16-7-11-17(31-3)12-8-16/h5-12,24H,4,13H2,1-3H3,(H,25,30)(H,27,28). The zero-order chi connectivity index (χ0) is 23.4.